The number of benzene rings is 1. The maximum absolute atomic E-state index is 12.7. The lowest BCUT2D eigenvalue weighted by Gasteiger charge is -2.58. The van der Waals surface area contributed by atoms with Crippen LogP contribution < -0.4 is 4.74 Å². The fourth-order valence-corrected chi connectivity index (χ4v) is 4.25. The van der Waals surface area contributed by atoms with Crippen molar-refractivity contribution in [3.05, 3.63) is 28.8 Å². The van der Waals surface area contributed by atoms with Crippen molar-refractivity contribution in [2.24, 2.45) is 5.92 Å². The van der Waals surface area contributed by atoms with E-state index in [4.69, 9.17) is 21.1 Å². The van der Waals surface area contributed by atoms with E-state index >= 15 is 0 Å². The zero-order chi connectivity index (χ0) is 18.0. The second-order valence-corrected chi connectivity index (χ2v) is 7.58. The summed E-state index contributed by atoms with van der Waals surface area (Å²) in [6, 6.07) is 5.21. The highest BCUT2D eigenvalue weighted by atomic mass is 35.5. The average Bonchev–Trinajstić information content (AvgIpc) is 2.58. The van der Waals surface area contributed by atoms with E-state index in [1.165, 1.54) is 6.42 Å². The molecule has 0 aliphatic carbocycles. The van der Waals surface area contributed by atoms with E-state index in [-0.39, 0.29) is 11.4 Å². The van der Waals surface area contributed by atoms with E-state index in [1.807, 2.05) is 11.8 Å². The van der Waals surface area contributed by atoms with Crippen LogP contribution in [0.3, 0.4) is 0 Å². The van der Waals surface area contributed by atoms with E-state index in [0.717, 1.165) is 39.3 Å². The normalized spacial score (nSPS) is 22.7. The summed E-state index contributed by atoms with van der Waals surface area (Å²) in [5, 5.41) is 0.468. The molecule has 2 heterocycles. The quantitative estimate of drug-likeness (QED) is 0.803. The number of ether oxygens (including phenoxy) is 2. The fraction of sp³-hybridized carbons (Fsp3) is 0.632. The van der Waals surface area contributed by atoms with Crippen LogP contribution in [0.1, 0.15) is 30.1 Å². The van der Waals surface area contributed by atoms with Crippen LogP contribution in [0.4, 0.5) is 0 Å². The Morgan fingerprint density at radius 2 is 2.16 bits per heavy atom. The Labute approximate surface area is 154 Å². The average molecular weight is 367 g/mol. The molecule has 3 rings (SSSR count). The Morgan fingerprint density at radius 1 is 1.40 bits per heavy atom. The third-order valence-electron chi connectivity index (χ3n) is 5.57. The predicted molar refractivity (Wildman–Crippen MR) is 98.5 cm³/mol. The van der Waals surface area contributed by atoms with Crippen molar-refractivity contribution in [3.63, 3.8) is 0 Å². The highest BCUT2D eigenvalue weighted by molar-refractivity contribution is 6.32. The Hall–Kier alpha value is -1.30. The van der Waals surface area contributed by atoms with Crippen LogP contribution in [0.25, 0.3) is 0 Å². The van der Waals surface area contributed by atoms with Gasteiger partial charge in [0.15, 0.2) is 0 Å². The minimum Gasteiger partial charge on any atom is -0.495 e. The van der Waals surface area contributed by atoms with E-state index in [0.29, 0.717) is 22.3 Å². The summed E-state index contributed by atoms with van der Waals surface area (Å²) in [7, 11) is 3.74. The van der Waals surface area contributed by atoms with Gasteiger partial charge in [-0.05, 0) is 57.5 Å². The summed E-state index contributed by atoms with van der Waals surface area (Å²) in [6.45, 7) is 6.24. The van der Waals surface area contributed by atoms with Gasteiger partial charge in [-0.15, -0.1) is 0 Å². The van der Waals surface area contributed by atoms with Crippen LogP contribution in [-0.2, 0) is 4.74 Å². The molecular formula is C19H27ClN2O3. The molecule has 1 aromatic carbocycles. The van der Waals surface area contributed by atoms with Gasteiger partial charge in [0.25, 0.3) is 5.91 Å². The lowest BCUT2D eigenvalue weighted by atomic mass is 9.75. The van der Waals surface area contributed by atoms with Crippen LogP contribution in [-0.4, -0.2) is 68.3 Å². The van der Waals surface area contributed by atoms with Crippen molar-refractivity contribution in [2.75, 3.05) is 47.0 Å². The molecule has 0 aromatic heterocycles. The zero-order valence-corrected chi connectivity index (χ0v) is 16.0. The first-order valence-corrected chi connectivity index (χ1v) is 9.28. The van der Waals surface area contributed by atoms with Gasteiger partial charge in [0.05, 0.1) is 17.7 Å². The molecule has 138 valence electrons. The first-order chi connectivity index (χ1) is 12.0. The Balaban J connectivity index is 1.63. The van der Waals surface area contributed by atoms with Crippen LogP contribution in [0.15, 0.2) is 18.2 Å². The first kappa shape index (κ1) is 18.5. The molecule has 1 spiro atoms. The van der Waals surface area contributed by atoms with Crippen LogP contribution >= 0.6 is 11.6 Å². The second-order valence-electron chi connectivity index (χ2n) is 7.17. The lowest BCUT2D eigenvalue weighted by molar-refractivity contribution is -0.0751. The van der Waals surface area contributed by atoms with Gasteiger partial charge in [-0.2, -0.15) is 0 Å². The van der Waals surface area contributed by atoms with Crippen molar-refractivity contribution in [1.82, 2.24) is 9.80 Å². The molecule has 1 unspecified atom stereocenters. The number of carbonyl (C=O) groups excluding carboxylic acids is 1. The minimum absolute atomic E-state index is 0.0375. The number of carbonyl (C=O) groups is 1. The van der Waals surface area contributed by atoms with Gasteiger partial charge in [0, 0.05) is 31.9 Å². The molecule has 5 nitrogen and oxygen atoms in total. The van der Waals surface area contributed by atoms with E-state index < -0.39 is 0 Å². The standard InChI is InChI=1S/C19H27ClN2O3/c1-4-25-11-14-7-8-21(2)19(10-14)12-22(13-19)18(23)15-5-6-17(24-3)16(20)9-15/h5-6,9,14H,4,7-8,10-13H2,1-3H3. The molecule has 1 aromatic rings. The maximum atomic E-state index is 12.7. The van der Waals surface area contributed by atoms with Crippen molar-refractivity contribution >= 4 is 17.5 Å². The van der Waals surface area contributed by atoms with Crippen molar-refractivity contribution in [3.8, 4) is 5.75 Å². The highest BCUT2D eigenvalue weighted by Gasteiger charge is 2.50. The van der Waals surface area contributed by atoms with Gasteiger partial charge in [-0.25, -0.2) is 0 Å². The summed E-state index contributed by atoms with van der Waals surface area (Å²) in [4.78, 5) is 17.1. The number of rotatable bonds is 5. The van der Waals surface area contributed by atoms with Crippen LogP contribution in [0.5, 0.6) is 5.75 Å². The van der Waals surface area contributed by atoms with Gasteiger partial charge in [-0.3, -0.25) is 9.69 Å². The molecule has 2 fully saturated rings. The molecule has 1 amide bonds. The summed E-state index contributed by atoms with van der Waals surface area (Å²) in [5.74, 6) is 1.21. The molecule has 0 radical (unpaired) electrons. The lowest BCUT2D eigenvalue weighted by Crippen LogP contribution is -2.72. The number of hydrogen-bond donors (Lipinski definition) is 0. The van der Waals surface area contributed by atoms with E-state index in [1.54, 1.807) is 25.3 Å². The number of nitrogens with zero attached hydrogens (tertiary/aromatic N) is 2. The van der Waals surface area contributed by atoms with Crippen LogP contribution in [0, 0.1) is 5.92 Å². The first-order valence-electron chi connectivity index (χ1n) is 8.91. The summed E-state index contributed by atoms with van der Waals surface area (Å²) < 4.78 is 10.8. The van der Waals surface area contributed by atoms with Crippen molar-refractivity contribution in [1.29, 1.82) is 0 Å². The summed E-state index contributed by atoms with van der Waals surface area (Å²) >= 11 is 6.15. The molecular weight excluding hydrogens is 340 g/mol. The molecule has 0 saturated carbocycles. The van der Waals surface area contributed by atoms with Gasteiger partial charge in [0.1, 0.15) is 5.75 Å². The number of amides is 1. The SMILES string of the molecule is CCOCC1CCN(C)C2(C1)CN(C(=O)c1ccc(OC)c(Cl)c1)C2. The third-order valence-corrected chi connectivity index (χ3v) is 5.86. The molecule has 1 atom stereocenters. The largest absolute Gasteiger partial charge is 0.495 e. The molecule has 0 bridgehead atoms. The van der Waals surface area contributed by atoms with Gasteiger partial charge in [0.2, 0.25) is 0 Å². The van der Waals surface area contributed by atoms with Crippen molar-refractivity contribution in [2.45, 2.75) is 25.3 Å². The van der Waals surface area contributed by atoms with Gasteiger partial charge >= 0.3 is 0 Å². The second kappa shape index (κ2) is 7.52. The fourth-order valence-electron chi connectivity index (χ4n) is 4.00. The Bertz CT molecular complexity index is 629. The van der Waals surface area contributed by atoms with E-state index in [2.05, 4.69) is 11.9 Å². The highest BCUT2D eigenvalue weighted by Crippen LogP contribution is 2.39. The molecule has 6 heteroatoms. The molecule has 2 aliphatic heterocycles. The Morgan fingerprint density at radius 3 is 2.80 bits per heavy atom. The number of piperidine rings is 1. The predicted octanol–water partition coefficient (Wildman–Crippen LogP) is 2.92. The molecule has 2 aliphatic rings. The Kier molecular flexibility index (Phi) is 5.56. The number of likely N-dealkylation sites (tertiary alicyclic amines) is 2. The monoisotopic (exact) mass is 366 g/mol. The number of hydrogen-bond acceptors (Lipinski definition) is 4. The smallest absolute Gasteiger partial charge is 0.254 e. The summed E-state index contributed by atoms with van der Waals surface area (Å²) in [5.41, 5.74) is 0.719. The number of methoxy groups -OCH3 is 1. The molecule has 2 saturated heterocycles. The zero-order valence-electron chi connectivity index (χ0n) is 15.3. The van der Waals surface area contributed by atoms with Gasteiger partial charge in [-0.1, -0.05) is 11.6 Å². The number of halogens is 1. The number of likely N-dealkylation sites (N-methyl/N-ethyl adjacent to an activating group) is 1. The van der Waals surface area contributed by atoms with Crippen LogP contribution in [0.2, 0.25) is 5.02 Å². The van der Waals surface area contributed by atoms with Gasteiger partial charge < -0.3 is 14.4 Å². The summed E-state index contributed by atoms with van der Waals surface area (Å²) in [6.07, 6.45) is 2.26. The third kappa shape index (κ3) is 3.64. The topological polar surface area (TPSA) is 42.0 Å². The van der Waals surface area contributed by atoms with Crippen molar-refractivity contribution < 1.29 is 14.3 Å². The minimum atomic E-state index is 0.0375. The molecule has 0 N–H and O–H groups in total. The van der Waals surface area contributed by atoms with E-state index in [9.17, 15) is 4.79 Å². The maximum Gasteiger partial charge on any atom is 0.254 e. The molecule has 25 heavy (non-hydrogen) atoms.